The zero-order valence-electron chi connectivity index (χ0n) is 8.97. The van der Waals surface area contributed by atoms with E-state index >= 15 is 0 Å². The van der Waals surface area contributed by atoms with Gasteiger partial charge in [-0.25, -0.2) is 0 Å². The van der Waals surface area contributed by atoms with E-state index in [1.807, 2.05) is 0 Å². The molecule has 88 valence electrons. The standard InChI is InChI=1S/C11H14F2N2O/c1-7-4-8(11(14)5-15-6-11)2-3-9(7)16-10(12)13/h2-4,10,15H,5-6,14H2,1H3. The minimum atomic E-state index is -2.79. The van der Waals surface area contributed by atoms with Crippen molar-refractivity contribution in [3.8, 4) is 5.75 Å². The van der Waals surface area contributed by atoms with E-state index in [2.05, 4.69) is 10.1 Å². The summed E-state index contributed by atoms with van der Waals surface area (Å²) < 4.78 is 28.5. The minimum Gasteiger partial charge on any atom is -0.435 e. The first-order valence-corrected chi connectivity index (χ1v) is 5.07. The number of benzene rings is 1. The molecule has 0 unspecified atom stereocenters. The van der Waals surface area contributed by atoms with Gasteiger partial charge in [0, 0.05) is 13.1 Å². The third-order valence-electron chi connectivity index (χ3n) is 2.85. The molecule has 1 saturated heterocycles. The average molecular weight is 228 g/mol. The second-order valence-electron chi connectivity index (χ2n) is 4.12. The molecule has 16 heavy (non-hydrogen) atoms. The molecule has 0 aromatic heterocycles. The zero-order chi connectivity index (χ0) is 11.8. The van der Waals surface area contributed by atoms with Crippen LogP contribution in [-0.2, 0) is 5.54 Å². The van der Waals surface area contributed by atoms with Crippen molar-refractivity contribution in [2.75, 3.05) is 13.1 Å². The summed E-state index contributed by atoms with van der Waals surface area (Å²) in [6.07, 6.45) is 0. The predicted molar refractivity (Wildman–Crippen MR) is 56.5 cm³/mol. The van der Waals surface area contributed by atoms with Gasteiger partial charge >= 0.3 is 6.61 Å². The first kappa shape index (κ1) is 11.3. The van der Waals surface area contributed by atoms with Gasteiger partial charge in [-0.2, -0.15) is 8.78 Å². The molecule has 0 spiro atoms. The number of alkyl halides is 2. The van der Waals surface area contributed by atoms with Crippen LogP contribution in [0.4, 0.5) is 8.78 Å². The number of ether oxygens (including phenoxy) is 1. The predicted octanol–water partition coefficient (Wildman–Crippen LogP) is 1.35. The van der Waals surface area contributed by atoms with Gasteiger partial charge < -0.3 is 15.8 Å². The maximum Gasteiger partial charge on any atom is 0.387 e. The lowest BCUT2D eigenvalue weighted by molar-refractivity contribution is -0.0503. The van der Waals surface area contributed by atoms with Crippen LogP contribution in [-0.4, -0.2) is 19.7 Å². The highest BCUT2D eigenvalue weighted by Gasteiger charge is 2.34. The molecule has 1 aromatic rings. The van der Waals surface area contributed by atoms with Crippen molar-refractivity contribution in [3.05, 3.63) is 29.3 Å². The summed E-state index contributed by atoms with van der Waals surface area (Å²) in [4.78, 5) is 0. The van der Waals surface area contributed by atoms with E-state index in [0.29, 0.717) is 18.7 Å². The van der Waals surface area contributed by atoms with Gasteiger partial charge in [-0.15, -0.1) is 0 Å². The molecular weight excluding hydrogens is 214 g/mol. The highest BCUT2D eigenvalue weighted by Crippen LogP contribution is 2.28. The normalized spacial score (nSPS) is 18.3. The van der Waals surface area contributed by atoms with Gasteiger partial charge in [0.2, 0.25) is 0 Å². The van der Waals surface area contributed by atoms with Crippen LogP contribution in [0.25, 0.3) is 0 Å². The lowest BCUT2D eigenvalue weighted by Crippen LogP contribution is -2.62. The van der Waals surface area contributed by atoms with Crippen molar-refractivity contribution >= 4 is 0 Å². The Morgan fingerprint density at radius 1 is 1.44 bits per heavy atom. The van der Waals surface area contributed by atoms with Crippen molar-refractivity contribution in [1.82, 2.24) is 5.32 Å². The second kappa shape index (κ2) is 3.99. The third kappa shape index (κ3) is 2.01. The van der Waals surface area contributed by atoms with Gasteiger partial charge in [0.15, 0.2) is 0 Å². The van der Waals surface area contributed by atoms with Crippen LogP contribution in [0.15, 0.2) is 18.2 Å². The molecule has 5 heteroatoms. The Morgan fingerprint density at radius 2 is 2.12 bits per heavy atom. The molecule has 1 heterocycles. The molecule has 1 aromatic carbocycles. The Hall–Kier alpha value is -1.20. The third-order valence-corrected chi connectivity index (χ3v) is 2.85. The topological polar surface area (TPSA) is 47.3 Å². The number of aryl methyl sites for hydroxylation is 1. The Balaban J connectivity index is 2.22. The van der Waals surface area contributed by atoms with E-state index in [0.717, 1.165) is 5.56 Å². The van der Waals surface area contributed by atoms with Crippen molar-refractivity contribution in [2.45, 2.75) is 19.1 Å². The summed E-state index contributed by atoms with van der Waals surface area (Å²) in [5.41, 5.74) is 7.35. The Kier molecular flexibility index (Phi) is 2.82. The Morgan fingerprint density at radius 3 is 2.56 bits per heavy atom. The minimum absolute atomic E-state index is 0.203. The average Bonchev–Trinajstić information content (AvgIpc) is 2.17. The van der Waals surface area contributed by atoms with E-state index in [4.69, 9.17) is 5.73 Å². The van der Waals surface area contributed by atoms with Crippen molar-refractivity contribution in [2.24, 2.45) is 5.73 Å². The smallest absolute Gasteiger partial charge is 0.387 e. The fourth-order valence-corrected chi connectivity index (χ4v) is 1.79. The molecule has 2 rings (SSSR count). The number of halogens is 2. The fraction of sp³-hybridized carbons (Fsp3) is 0.455. The van der Waals surface area contributed by atoms with Crippen molar-refractivity contribution in [1.29, 1.82) is 0 Å². The zero-order valence-corrected chi connectivity index (χ0v) is 8.97. The van der Waals surface area contributed by atoms with Gasteiger partial charge in [-0.05, 0) is 24.1 Å². The first-order chi connectivity index (χ1) is 7.51. The lowest BCUT2D eigenvalue weighted by atomic mass is 9.84. The maximum absolute atomic E-state index is 12.1. The Labute approximate surface area is 92.6 Å². The SMILES string of the molecule is Cc1cc(C2(N)CNC2)ccc1OC(F)F. The number of hydrogen-bond acceptors (Lipinski definition) is 3. The van der Waals surface area contributed by atoms with Crippen molar-refractivity contribution < 1.29 is 13.5 Å². The Bertz CT molecular complexity index is 392. The molecule has 0 radical (unpaired) electrons. The van der Waals surface area contributed by atoms with Crippen LogP contribution in [0.2, 0.25) is 0 Å². The van der Waals surface area contributed by atoms with Gasteiger partial charge in [0.1, 0.15) is 5.75 Å². The molecule has 0 saturated carbocycles. The van der Waals surface area contributed by atoms with Crippen LogP contribution in [0.5, 0.6) is 5.75 Å². The van der Waals surface area contributed by atoms with Gasteiger partial charge in [-0.3, -0.25) is 0 Å². The molecule has 1 aliphatic heterocycles. The number of nitrogens with one attached hydrogen (secondary N) is 1. The monoisotopic (exact) mass is 228 g/mol. The lowest BCUT2D eigenvalue weighted by Gasteiger charge is -2.39. The number of rotatable bonds is 3. The molecule has 0 bridgehead atoms. The second-order valence-corrected chi connectivity index (χ2v) is 4.12. The largest absolute Gasteiger partial charge is 0.435 e. The van der Waals surface area contributed by atoms with E-state index in [1.165, 1.54) is 0 Å². The summed E-state index contributed by atoms with van der Waals surface area (Å²) in [7, 11) is 0. The molecule has 3 nitrogen and oxygen atoms in total. The van der Waals surface area contributed by atoms with Crippen LogP contribution in [0.3, 0.4) is 0 Å². The summed E-state index contributed by atoms with van der Waals surface area (Å²) in [5, 5.41) is 3.09. The van der Waals surface area contributed by atoms with Gasteiger partial charge in [0.25, 0.3) is 0 Å². The van der Waals surface area contributed by atoms with Crippen LogP contribution in [0.1, 0.15) is 11.1 Å². The molecule has 0 amide bonds. The molecular formula is C11H14F2N2O. The van der Waals surface area contributed by atoms with Crippen molar-refractivity contribution in [3.63, 3.8) is 0 Å². The van der Waals surface area contributed by atoms with E-state index in [9.17, 15) is 8.78 Å². The van der Waals surface area contributed by atoms with Crippen LogP contribution in [0, 0.1) is 6.92 Å². The summed E-state index contributed by atoms with van der Waals surface area (Å²) in [6.45, 7) is 0.362. The van der Waals surface area contributed by atoms with Gasteiger partial charge in [0.05, 0.1) is 5.54 Å². The fourth-order valence-electron chi connectivity index (χ4n) is 1.79. The molecule has 0 aliphatic carbocycles. The number of nitrogens with two attached hydrogens (primary N) is 1. The molecule has 3 N–H and O–H groups in total. The highest BCUT2D eigenvalue weighted by atomic mass is 19.3. The number of hydrogen-bond donors (Lipinski definition) is 2. The first-order valence-electron chi connectivity index (χ1n) is 5.07. The van der Waals surface area contributed by atoms with E-state index < -0.39 is 6.61 Å². The maximum atomic E-state index is 12.1. The quantitative estimate of drug-likeness (QED) is 0.821. The van der Waals surface area contributed by atoms with E-state index in [-0.39, 0.29) is 11.3 Å². The summed E-state index contributed by atoms with van der Waals surface area (Å²) in [5.74, 6) is 0.203. The molecule has 0 atom stereocenters. The van der Waals surface area contributed by atoms with Crippen LogP contribution >= 0.6 is 0 Å². The van der Waals surface area contributed by atoms with E-state index in [1.54, 1.807) is 25.1 Å². The highest BCUT2D eigenvalue weighted by molar-refractivity contribution is 5.40. The summed E-state index contributed by atoms with van der Waals surface area (Å²) >= 11 is 0. The molecule has 1 aliphatic rings. The molecule has 1 fully saturated rings. The van der Waals surface area contributed by atoms with Crippen LogP contribution < -0.4 is 15.8 Å². The summed E-state index contributed by atoms with van der Waals surface area (Å²) in [6, 6.07) is 5.09. The van der Waals surface area contributed by atoms with Gasteiger partial charge in [-0.1, -0.05) is 12.1 Å².